The summed E-state index contributed by atoms with van der Waals surface area (Å²) in [5.74, 6) is 0.846. The maximum absolute atomic E-state index is 12.6. The number of nitrogens with zero attached hydrogens (tertiary/aromatic N) is 1. The van der Waals surface area contributed by atoms with Crippen LogP contribution in [0.1, 0.15) is 98.4 Å². The maximum Gasteiger partial charge on any atom is 0.252 e. The van der Waals surface area contributed by atoms with Gasteiger partial charge in [0.25, 0.3) is 11.5 Å². The summed E-state index contributed by atoms with van der Waals surface area (Å²) in [6.07, 6.45) is 8.80. The Labute approximate surface area is 239 Å². The van der Waals surface area contributed by atoms with Gasteiger partial charge in [0.2, 0.25) is 0 Å². The summed E-state index contributed by atoms with van der Waals surface area (Å²) in [6, 6.07) is 20.4. The molecule has 2 N–H and O–H groups in total. The summed E-state index contributed by atoms with van der Waals surface area (Å²) in [4.78, 5) is 24.9. The quantitative estimate of drug-likeness (QED) is 0.317. The average Bonchev–Trinajstić information content (AvgIpc) is 3.48. The molecule has 1 aliphatic carbocycles. The number of ether oxygens (including phenoxy) is 1. The SMILES string of the molecule is CCc1ccc2c(c1)C(NCCCNC(=O)c1ccc(=O)n(C3CCCC3)c1)CC(C)(C)O2.Cc1ccccc1. The predicted molar refractivity (Wildman–Crippen MR) is 162 cm³/mol. The van der Waals surface area contributed by atoms with E-state index in [2.05, 4.69) is 68.7 Å². The average molecular weight is 544 g/mol. The molecule has 0 bridgehead atoms. The van der Waals surface area contributed by atoms with Gasteiger partial charge < -0.3 is 19.9 Å². The molecule has 6 nitrogen and oxygen atoms in total. The largest absolute Gasteiger partial charge is 0.487 e. The molecular weight excluding hydrogens is 498 g/mol. The van der Waals surface area contributed by atoms with Crippen molar-refractivity contribution in [1.29, 1.82) is 0 Å². The molecule has 1 atom stereocenters. The van der Waals surface area contributed by atoms with Crippen molar-refractivity contribution in [3.63, 3.8) is 0 Å². The standard InChI is InChI=1S/C27H37N3O3.C7H8/c1-4-19-10-12-24-22(16-19)23(17-27(2,3)33-24)28-14-7-15-29-26(32)20-11-13-25(31)30(18-20)21-8-5-6-9-21;1-7-5-3-2-4-6-7/h10-13,16,18,21,23,28H,4-9,14-15,17H2,1-3H3,(H,29,32);2-6H,1H3. The lowest BCUT2D eigenvalue weighted by Crippen LogP contribution is -2.40. The first-order chi connectivity index (χ1) is 19.3. The molecule has 0 saturated heterocycles. The van der Waals surface area contributed by atoms with Gasteiger partial charge in [-0.25, -0.2) is 0 Å². The zero-order valence-electron chi connectivity index (χ0n) is 24.5. The van der Waals surface area contributed by atoms with E-state index in [4.69, 9.17) is 4.74 Å². The van der Waals surface area contributed by atoms with Crippen LogP contribution in [0.3, 0.4) is 0 Å². The Bertz CT molecular complexity index is 1310. The number of carbonyl (C=O) groups excluding carboxylic acids is 1. The van der Waals surface area contributed by atoms with Gasteiger partial charge in [-0.05, 0) is 70.7 Å². The summed E-state index contributed by atoms with van der Waals surface area (Å²) >= 11 is 0. The third kappa shape index (κ3) is 8.07. The molecule has 1 saturated carbocycles. The number of amides is 1. The number of pyridine rings is 1. The van der Waals surface area contributed by atoms with E-state index in [0.29, 0.717) is 12.1 Å². The third-order valence-electron chi connectivity index (χ3n) is 7.83. The minimum Gasteiger partial charge on any atom is -0.487 e. The zero-order valence-corrected chi connectivity index (χ0v) is 24.5. The summed E-state index contributed by atoms with van der Waals surface area (Å²) in [7, 11) is 0. The second-order valence-corrected chi connectivity index (χ2v) is 11.7. The minimum absolute atomic E-state index is 0.0199. The fourth-order valence-electron chi connectivity index (χ4n) is 5.61. The second-order valence-electron chi connectivity index (χ2n) is 11.7. The van der Waals surface area contributed by atoms with Crippen LogP contribution in [0.25, 0.3) is 0 Å². The highest BCUT2D eigenvalue weighted by atomic mass is 16.5. The van der Waals surface area contributed by atoms with E-state index < -0.39 is 0 Å². The molecular formula is C34H45N3O3. The van der Waals surface area contributed by atoms with Crippen LogP contribution in [0, 0.1) is 6.92 Å². The van der Waals surface area contributed by atoms with Crippen LogP contribution in [0.15, 0.2) is 71.7 Å². The molecule has 1 amide bonds. The highest BCUT2D eigenvalue weighted by molar-refractivity contribution is 5.93. The minimum atomic E-state index is -0.213. The lowest BCUT2D eigenvalue weighted by molar-refractivity contribution is 0.0660. The smallest absolute Gasteiger partial charge is 0.252 e. The number of rotatable bonds is 8. The lowest BCUT2D eigenvalue weighted by atomic mass is 9.88. The van der Waals surface area contributed by atoms with Crippen molar-refractivity contribution in [2.75, 3.05) is 13.1 Å². The lowest BCUT2D eigenvalue weighted by Gasteiger charge is -2.38. The van der Waals surface area contributed by atoms with Gasteiger partial charge >= 0.3 is 0 Å². The number of aromatic nitrogens is 1. The Kier molecular flexibility index (Phi) is 10.2. The summed E-state index contributed by atoms with van der Waals surface area (Å²) < 4.78 is 7.94. The topological polar surface area (TPSA) is 72.4 Å². The third-order valence-corrected chi connectivity index (χ3v) is 7.83. The van der Waals surface area contributed by atoms with Crippen LogP contribution in [0.5, 0.6) is 5.75 Å². The molecule has 1 aromatic heterocycles. The number of hydrogen-bond acceptors (Lipinski definition) is 4. The van der Waals surface area contributed by atoms with Gasteiger partial charge in [-0.1, -0.05) is 67.8 Å². The van der Waals surface area contributed by atoms with Crippen LogP contribution in [0.2, 0.25) is 0 Å². The van der Waals surface area contributed by atoms with Crippen molar-refractivity contribution in [3.8, 4) is 5.75 Å². The first kappa shape index (κ1) is 29.6. The summed E-state index contributed by atoms with van der Waals surface area (Å²) in [6.45, 7) is 9.90. The maximum atomic E-state index is 12.6. The van der Waals surface area contributed by atoms with Gasteiger partial charge in [-0.2, -0.15) is 0 Å². The highest BCUT2D eigenvalue weighted by Crippen LogP contribution is 2.40. The molecule has 1 fully saturated rings. The number of hydrogen-bond donors (Lipinski definition) is 2. The number of nitrogens with one attached hydrogen (secondary N) is 2. The Hall–Kier alpha value is -3.38. The fraction of sp³-hybridized carbons (Fsp3) is 0.471. The Morgan fingerprint density at radius 1 is 1.02 bits per heavy atom. The molecule has 40 heavy (non-hydrogen) atoms. The van der Waals surface area contributed by atoms with Crippen LogP contribution >= 0.6 is 0 Å². The van der Waals surface area contributed by atoms with E-state index in [1.54, 1.807) is 16.8 Å². The Balaban J connectivity index is 0.000000461. The van der Waals surface area contributed by atoms with Crippen LogP contribution < -0.4 is 20.9 Å². The van der Waals surface area contributed by atoms with E-state index in [1.807, 2.05) is 18.2 Å². The van der Waals surface area contributed by atoms with Gasteiger partial charge in [-0.3, -0.25) is 9.59 Å². The molecule has 6 heteroatoms. The first-order valence-electron chi connectivity index (χ1n) is 14.8. The number of aryl methyl sites for hydroxylation is 2. The molecule has 2 aromatic carbocycles. The monoisotopic (exact) mass is 543 g/mol. The van der Waals surface area contributed by atoms with E-state index in [1.165, 1.54) is 22.8 Å². The summed E-state index contributed by atoms with van der Waals surface area (Å²) in [5.41, 5.74) is 4.19. The van der Waals surface area contributed by atoms with Crippen LogP contribution in [-0.2, 0) is 6.42 Å². The predicted octanol–water partition coefficient (Wildman–Crippen LogP) is 6.53. The van der Waals surface area contributed by atoms with E-state index in [-0.39, 0.29) is 29.2 Å². The molecule has 1 aliphatic heterocycles. The van der Waals surface area contributed by atoms with Gasteiger partial charge in [0, 0.05) is 42.9 Å². The molecule has 0 spiro atoms. The van der Waals surface area contributed by atoms with Gasteiger partial charge in [0.15, 0.2) is 0 Å². The van der Waals surface area contributed by atoms with Crippen molar-refractivity contribution in [1.82, 2.24) is 15.2 Å². The molecule has 214 valence electrons. The molecule has 2 aliphatic rings. The number of fused-ring (bicyclic) bond motifs is 1. The van der Waals surface area contributed by atoms with Crippen molar-refractivity contribution >= 4 is 5.91 Å². The summed E-state index contributed by atoms with van der Waals surface area (Å²) in [5, 5.41) is 6.68. The normalized spacial score (nSPS) is 17.8. The van der Waals surface area contributed by atoms with E-state index in [9.17, 15) is 9.59 Å². The Morgan fingerprint density at radius 2 is 1.77 bits per heavy atom. The highest BCUT2D eigenvalue weighted by Gasteiger charge is 2.33. The first-order valence-corrected chi connectivity index (χ1v) is 14.8. The zero-order chi connectivity index (χ0) is 28.5. The van der Waals surface area contributed by atoms with E-state index in [0.717, 1.165) is 57.2 Å². The van der Waals surface area contributed by atoms with E-state index >= 15 is 0 Å². The van der Waals surface area contributed by atoms with Crippen molar-refractivity contribution in [3.05, 3.63) is 99.5 Å². The number of benzene rings is 2. The molecule has 0 radical (unpaired) electrons. The van der Waals surface area contributed by atoms with Crippen molar-refractivity contribution in [2.24, 2.45) is 0 Å². The van der Waals surface area contributed by atoms with Gasteiger partial charge in [0.05, 0.1) is 5.56 Å². The second kappa shape index (κ2) is 13.8. The van der Waals surface area contributed by atoms with Gasteiger partial charge in [-0.15, -0.1) is 0 Å². The van der Waals surface area contributed by atoms with Crippen molar-refractivity contribution < 1.29 is 9.53 Å². The van der Waals surface area contributed by atoms with Crippen LogP contribution in [-0.4, -0.2) is 29.2 Å². The molecule has 2 heterocycles. The Morgan fingerprint density at radius 3 is 2.45 bits per heavy atom. The molecule has 1 unspecified atom stereocenters. The molecule has 3 aromatic rings. The fourth-order valence-corrected chi connectivity index (χ4v) is 5.61. The van der Waals surface area contributed by atoms with Gasteiger partial charge in [0.1, 0.15) is 11.4 Å². The van der Waals surface area contributed by atoms with Crippen molar-refractivity contribution in [2.45, 2.75) is 90.3 Å². The van der Waals surface area contributed by atoms with Crippen LogP contribution in [0.4, 0.5) is 0 Å². The molecule has 5 rings (SSSR count). The number of carbonyl (C=O) groups is 1.